The molecular weight excluding hydrogens is 314 g/mol. The van der Waals surface area contributed by atoms with Gasteiger partial charge in [-0.2, -0.15) is 5.10 Å². The van der Waals surface area contributed by atoms with E-state index in [1.165, 1.54) is 0 Å². The minimum atomic E-state index is -0.542. The maximum Gasteiger partial charge on any atom is 0.269 e. The van der Waals surface area contributed by atoms with Gasteiger partial charge < -0.3 is 10.6 Å². The zero-order valence-electron chi connectivity index (χ0n) is 12.7. The first-order valence-electron chi connectivity index (χ1n) is 7.63. The van der Waals surface area contributed by atoms with Crippen molar-refractivity contribution in [3.63, 3.8) is 0 Å². The van der Waals surface area contributed by atoms with E-state index in [2.05, 4.69) is 15.2 Å². The lowest BCUT2D eigenvalue weighted by Crippen LogP contribution is -2.39. The molecular formula is C15H19N5O2S. The van der Waals surface area contributed by atoms with Gasteiger partial charge in [0.05, 0.1) is 11.2 Å². The van der Waals surface area contributed by atoms with Crippen molar-refractivity contribution in [2.75, 3.05) is 13.1 Å². The Balaban J connectivity index is 1.58. The lowest BCUT2D eigenvalue weighted by molar-refractivity contribution is -0.132. The quantitative estimate of drug-likeness (QED) is 0.860. The highest BCUT2D eigenvalue weighted by molar-refractivity contribution is 7.07. The third kappa shape index (κ3) is 3.76. The monoisotopic (exact) mass is 333 g/mol. The van der Waals surface area contributed by atoms with Crippen LogP contribution >= 0.6 is 11.3 Å². The number of aryl methyl sites for hydroxylation is 1. The van der Waals surface area contributed by atoms with E-state index in [1.807, 2.05) is 10.3 Å². The highest BCUT2D eigenvalue weighted by atomic mass is 32.1. The van der Waals surface area contributed by atoms with Gasteiger partial charge in [0.15, 0.2) is 0 Å². The van der Waals surface area contributed by atoms with Gasteiger partial charge in [0, 0.05) is 36.5 Å². The van der Waals surface area contributed by atoms with Crippen LogP contribution in [0.2, 0.25) is 0 Å². The first kappa shape index (κ1) is 15.7. The summed E-state index contributed by atoms with van der Waals surface area (Å²) in [5, 5.41) is 8.77. The number of aromatic nitrogens is 3. The Labute approximate surface area is 137 Å². The molecule has 0 spiro atoms. The van der Waals surface area contributed by atoms with E-state index >= 15 is 0 Å². The van der Waals surface area contributed by atoms with Crippen molar-refractivity contribution in [3.05, 3.63) is 34.0 Å². The molecule has 0 bridgehead atoms. The number of rotatable bonds is 5. The molecule has 0 radical (unpaired) electrons. The van der Waals surface area contributed by atoms with Crippen LogP contribution in [0.1, 0.15) is 47.1 Å². The Morgan fingerprint density at radius 3 is 3.04 bits per heavy atom. The van der Waals surface area contributed by atoms with E-state index in [0.29, 0.717) is 19.4 Å². The van der Waals surface area contributed by atoms with Gasteiger partial charge >= 0.3 is 0 Å². The van der Waals surface area contributed by atoms with Crippen LogP contribution in [0.3, 0.4) is 0 Å². The maximum atomic E-state index is 12.4. The number of carbonyl (C=O) groups is 2. The molecule has 1 aliphatic heterocycles. The van der Waals surface area contributed by atoms with Crippen LogP contribution in [-0.4, -0.2) is 45.0 Å². The second kappa shape index (κ2) is 6.91. The van der Waals surface area contributed by atoms with Crippen LogP contribution in [0, 0.1) is 0 Å². The Bertz CT molecular complexity index is 682. The number of primary amides is 1. The fourth-order valence-electron chi connectivity index (χ4n) is 2.88. The van der Waals surface area contributed by atoms with Gasteiger partial charge in [-0.1, -0.05) is 0 Å². The molecule has 3 N–H and O–H groups in total. The lowest BCUT2D eigenvalue weighted by atomic mass is 9.94. The standard InChI is InChI=1S/C15H19N5O2S/c16-15(22)13-6-12(18-19-13)10-2-1-5-20(7-10)14(21)4-3-11-8-23-9-17-11/h6,8-10H,1-5,7H2,(H2,16,22)(H,18,19). The molecule has 23 heavy (non-hydrogen) atoms. The summed E-state index contributed by atoms with van der Waals surface area (Å²) in [5.74, 6) is -0.218. The van der Waals surface area contributed by atoms with Crippen LogP contribution < -0.4 is 5.73 Å². The van der Waals surface area contributed by atoms with Crippen molar-refractivity contribution in [2.45, 2.75) is 31.6 Å². The normalized spacial score (nSPS) is 18.1. The SMILES string of the molecule is NC(=O)c1cc(C2CCCN(C(=O)CCc3cscn3)C2)[nH]n1. The fourth-order valence-corrected chi connectivity index (χ4v) is 3.48. The van der Waals surface area contributed by atoms with Gasteiger partial charge in [-0.25, -0.2) is 4.98 Å². The Hall–Kier alpha value is -2.22. The van der Waals surface area contributed by atoms with E-state index in [-0.39, 0.29) is 17.5 Å². The molecule has 1 aliphatic rings. The van der Waals surface area contributed by atoms with E-state index in [9.17, 15) is 9.59 Å². The number of nitrogens with two attached hydrogens (primary N) is 1. The van der Waals surface area contributed by atoms with Gasteiger partial charge in [0.25, 0.3) is 5.91 Å². The molecule has 3 rings (SSSR count). The molecule has 2 amide bonds. The van der Waals surface area contributed by atoms with E-state index in [4.69, 9.17) is 5.73 Å². The van der Waals surface area contributed by atoms with Gasteiger partial charge in [-0.05, 0) is 25.3 Å². The smallest absolute Gasteiger partial charge is 0.269 e. The summed E-state index contributed by atoms with van der Waals surface area (Å²) >= 11 is 1.54. The Morgan fingerprint density at radius 1 is 1.48 bits per heavy atom. The van der Waals surface area contributed by atoms with E-state index in [0.717, 1.165) is 30.8 Å². The second-order valence-corrected chi connectivity index (χ2v) is 6.45. The summed E-state index contributed by atoms with van der Waals surface area (Å²) in [5.41, 5.74) is 9.09. The van der Waals surface area contributed by atoms with Gasteiger partial charge in [-0.15, -0.1) is 11.3 Å². The third-order valence-electron chi connectivity index (χ3n) is 4.14. The molecule has 2 aromatic heterocycles. The number of H-pyrrole nitrogens is 1. The first-order chi connectivity index (χ1) is 11.1. The third-order valence-corrected chi connectivity index (χ3v) is 4.78. The highest BCUT2D eigenvalue weighted by Crippen LogP contribution is 2.26. The number of piperidine rings is 1. The second-order valence-electron chi connectivity index (χ2n) is 5.73. The molecule has 8 heteroatoms. The number of carbonyl (C=O) groups excluding carboxylic acids is 2. The number of nitrogens with one attached hydrogen (secondary N) is 1. The zero-order valence-corrected chi connectivity index (χ0v) is 13.5. The van der Waals surface area contributed by atoms with Crippen LogP contribution in [-0.2, 0) is 11.2 Å². The molecule has 1 unspecified atom stereocenters. The predicted molar refractivity (Wildman–Crippen MR) is 86.1 cm³/mol. The van der Waals surface area contributed by atoms with Gasteiger partial charge in [-0.3, -0.25) is 14.7 Å². The van der Waals surface area contributed by atoms with Crippen LogP contribution in [0.5, 0.6) is 0 Å². The number of likely N-dealkylation sites (tertiary alicyclic amines) is 1. The average Bonchev–Trinajstić information content (AvgIpc) is 3.24. The van der Waals surface area contributed by atoms with Crippen molar-refractivity contribution in [1.82, 2.24) is 20.1 Å². The van der Waals surface area contributed by atoms with Crippen molar-refractivity contribution in [2.24, 2.45) is 5.73 Å². The minimum Gasteiger partial charge on any atom is -0.364 e. The molecule has 7 nitrogen and oxygen atoms in total. The molecule has 1 fully saturated rings. The minimum absolute atomic E-state index is 0.150. The summed E-state index contributed by atoms with van der Waals surface area (Å²) in [7, 11) is 0. The molecule has 0 saturated carbocycles. The fraction of sp³-hybridized carbons (Fsp3) is 0.467. The molecule has 1 atom stereocenters. The molecule has 0 aromatic carbocycles. The summed E-state index contributed by atoms with van der Waals surface area (Å²) in [6.07, 6.45) is 3.07. The topological polar surface area (TPSA) is 105 Å². The number of hydrogen-bond donors (Lipinski definition) is 2. The molecule has 1 saturated heterocycles. The van der Waals surface area contributed by atoms with E-state index in [1.54, 1.807) is 22.9 Å². The zero-order chi connectivity index (χ0) is 16.2. The number of amides is 2. The Kier molecular flexibility index (Phi) is 4.71. The Morgan fingerprint density at radius 2 is 2.35 bits per heavy atom. The van der Waals surface area contributed by atoms with Crippen molar-refractivity contribution >= 4 is 23.2 Å². The van der Waals surface area contributed by atoms with Gasteiger partial charge in [0.2, 0.25) is 5.91 Å². The summed E-state index contributed by atoms with van der Waals surface area (Å²) in [4.78, 5) is 29.6. The van der Waals surface area contributed by atoms with E-state index < -0.39 is 5.91 Å². The lowest BCUT2D eigenvalue weighted by Gasteiger charge is -2.32. The van der Waals surface area contributed by atoms with Crippen LogP contribution in [0.15, 0.2) is 17.0 Å². The predicted octanol–water partition coefficient (Wildman–Crippen LogP) is 1.30. The molecule has 0 aliphatic carbocycles. The summed E-state index contributed by atoms with van der Waals surface area (Å²) < 4.78 is 0. The molecule has 122 valence electrons. The maximum absolute atomic E-state index is 12.4. The average molecular weight is 333 g/mol. The van der Waals surface area contributed by atoms with Crippen LogP contribution in [0.4, 0.5) is 0 Å². The van der Waals surface area contributed by atoms with Crippen molar-refractivity contribution in [1.29, 1.82) is 0 Å². The number of thiazole rings is 1. The molecule has 3 heterocycles. The summed E-state index contributed by atoms with van der Waals surface area (Å²) in [6.45, 7) is 1.43. The van der Waals surface area contributed by atoms with Crippen LogP contribution in [0.25, 0.3) is 0 Å². The van der Waals surface area contributed by atoms with Gasteiger partial charge in [0.1, 0.15) is 5.69 Å². The highest BCUT2D eigenvalue weighted by Gasteiger charge is 2.26. The number of hydrogen-bond acceptors (Lipinski definition) is 5. The summed E-state index contributed by atoms with van der Waals surface area (Å²) in [6, 6.07) is 1.69. The number of aromatic amines is 1. The van der Waals surface area contributed by atoms with Crippen molar-refractivity contribution < 1.29 is 9.59 Å². The number of nitrogens with zero attached hydrogens (tertiary/aromatic N) is 3. The molecule has 2 aromatic rings. The largest absolute Gasteiger partial charge is 0.364 e. The first-order valence-corrected chi connectivity index (χ1v) is 8.57. The van der Waals surface area contributed by atoms with Crippen molar-refractivity contribution in [3.8, 4) is 0 Å².